The molecule has 0 radical (unpaired) electrons. The number of rotatable bonds is 3. The SMILES string of the molecule is CC1(CNC(=O)c2nn[nH]n2)COC1. The predicted molar refractivity (Wildman–Crippen MR) is 45.4 cm³/mol. The van der Waals surface area contributed by atoms with E-state index in [4.69, 9.17) is 4.74 Å². The molecule has 1 aliphatic heterocycles. The van der Waals surface area contributed by atoms with Crippen molar-refractivity contribution in [3.8, 4) is 0 Å². The molecule has 1 aromatic rings. The molecular weight excluding hydrogens is 186 g/mol. The Morgan fingerprint density at radius 1 is 1.71 bits per heavy atom. The maximum absolute atomic E-state index is 11.4. The molecule has 14 heavy (non-hydrogen) atoms. The number of aromatic amines is 1. The van der Waals surface area contributed by atoms with Crippen molar-refractivity contribution in [2.75, 3.05) is 19.8 Å². The van der Waals surface area contributed by atoms with Gasteiger partial charge in [-0.1, -0.05) is 6.92 Å². The third kappa shape index (κ3) is 1.72. The Balaban J connectivity index is 1.84. The van der Waals surface area contributed by atoms with Crippen molar-refractivity contribution in [1.82, 2.24) is 25.9 Å². The molecular formula is C7H11N5O2. The second-order valence-electron chi connectivity index (χ2n) is 3.72. The van der Waals surface area contributed by atoms with Crippen LogP contribution in [0.1, 0.15) is 17.5 Å². The number of hydrogen-bond acceptors (Lipinski definition) is 5. The molecule has 1 fully saturated rings. The van der Waals surface area contributed by atoms with E-state index in [1.807, 2.05) is 6.92 Å². The molecule has 2 rings (SSSR count). The number of ether oxygens (including phenoxy) is 1. The van der Waals surface area contributed by atoms with Crippen LogP contribution < -0.4 is 5.32 Å². The van der Waals surface area contributed by atoms with Crippen LogP contribution in [0.3, 0.4) is 0 Å². The van der Waals surface area contributed by atoms with Gasteiger partial charge in [-0.3, -0.25) is 4.79 Å². The molecule has 2 heterocycles. The first-order valence-electron chi connectivity index (χ1n) is 4.29. The number of carbonyl (C=O) groups is 1. The minimum atomic E-state index is -0.313. The van der Waals surface area contributed by atoms with Crippen LogP contribution >= 0.6 is 0 Å². The van der Waals surface area contributed by atoms with Crippen molar-refractivity contribution in [2.24, 2.45) is 5.41 Å². The summed E-state index contributed by atoms with van der Waals surface area (Å²) in [4.78, 5) is 11.4. The van der Waals surface area contributed by atoms with Gasteiger partial charge in [0.25, 0.3) is 11.7 Å². The van der Waals surface area contributed by atoms with Crippen molar-refractivity contribution in [3.05, 3.63) is 5.82 Å². The van der Waals surface area contributed by atoms with E-state index in [9.17, 15) is 4.79 Å². The quantitative estimate of drug-likeness (QED) is 0.646. The Labute approximate surface area is 80.2 Å². The highest BCUT2D eigenvalue weighted by Gasteiger charge is 2.33. The van der Waals surface area contributed by atoms with Crippen molar-refractivity contribution in [2.45, 2.75) is 6.92 Å². The van der Waals surface area contributed by atoms with E-state index in [0.29, 0.717) is 19.8 Å². The Morgan fingerprint density at radius 3 is 3.00 bits per heavy atom. The second-order valence-corrected chi connectivity index (χ2v) is 3.72. The molecule has 0 aliphatic carbocycles. The number of tetrazole rings is 1. The molecule has 7 nitrogen and oxygen atoms in total. The zero-order valence-electron chi connectivity index (χ0n) is 7.78. The van der Waals surface area contributed by atoms with Crippen LogP contribution in [0.25, 0.3) is 0 Å². The summed E-state index contributed by atoms with van der Waals surface area (Å²) in [5.41, 5.74) is 0.0550. The first kappa shape index (κ1) is 9.07. The molecule has 0 bridgehead atoms. The zero-order chi connectivity index (χ0) is 10.0. The van der Waals surface area contributed by atoms with Gasteiger partial charge in [0.2, 0.25) is 0 Å². The molecule has 1 saturated heterocycles. The number of nitrogens with zero attached hydrogens (tertiary/aromatic N) is 3. The van der Waals surface area contributed by atoms with Crippen molar-refractivity contribution >= 4 is 5.91 Å². The maximum atomic E-state index is 11.4. The average molecular weight is 197 g/mol. The summed E-state index contributed by atoms with van der Waals surface area (Å²) in [5, 5.41) is 15.4. The summed E-state index contributed by atoms with van der Waals surface area (Å²) in [6, 6.07) is 0. The minimum absolute atomic E-state index is 0.0550. The van der Waals surface area contributed by atoms with E-state index in [0.717, 1.165) is 0 Å². The van der Waals surface area contributed by atoms with Crippen molar-refractivity contribution < 1.29 is 9.53 Å². The van der Waals surface area contributed by atoms with E-state index in [-0.39, 0.29) is 17.1 Å². The number of H-pyrrole nitrogens is 1. The summed E-state index contributed by atoms with van der Waals surface area (Å²) in [5.74, 6) is -0.249. The largest absolute Gasteiger partial charge is 0.380 e. The highest BCUT2D eigenvalue weighted by atomic mass is 16.5. The number of nitrogens with one attached hydrogen (secondary N) is 2. The zero-order valence-corrected chi connectivity index (χ0v) is 7.78. The van der Waals surface area contributed by atoms with Crippen LogP contribution in [0.4, 0.5) is 0 Å². The van der Waals surface area contributed by atoms with Crippen LogP contribution in [0.5, 0.6) is 0 Å². The predicted octanol–water partition coefficient (Wildman–Crippen LogP) is -1.03. The number of hydrogen-bond donors (Lipinski definition) is 2. The van der Waals surface area contributed by atoms with E-state index in [1.165, 1.54) is 0 Å². The van der Waals surface area contributed by atoms with Crippen LogP contribution in [-0.2, 0) is 4.74 Å². The van der Waals surface area contributed by atoms with Crippen molar-refractivity contribution in [3.63, 3.8) is 0 Å². The molecule has 1 aromatic heterocycles. The van der Waals surface area contributed by atoms with Crippen molar-refractivity contribution in [1.29, 1.82) is 0 Å². The lowest BCUT2D eigenvalue weighted by molar-refractivity contribution is -0.0978. The molecule has 1 amide bonds. The van der Waals surface area contributed by atoms with Crippen LogP contribution in [0, 0.1) is 5.41 Å². The Bertz CT molecular complexity index is 319. The Morgan fingerprint density at radius 2 is 2.50 bits per heavy atom. The topological polar surface area (TPSA) is 92.8 Å². The van der Waals surface area contributed by atoms with Crippen LogP contribution in [0.2, 0.25) is 0 Å². The summed E-state index contributed by atoms with van der Waals surface area (Å²) in [6.45, 7) is 3.98. The van der Waals surface area contributed by atoms with Gasteiger partial charge in [0.1, 0.15) is 0 Å². The average Bonchev–Trinajstić information content (AvgIpc) is 2.63. The summed E-state index contributed by atoms with van der Waals surface area (Å²) in [6.07, 6.45) is 0. The standard InChI is InChI=1S/C7H11N5O2/c1-7(3-14-4-7)2-8-6(13)5-9-11-12-10-5/h2-4H2,1H3,(H,8,13)(H,9,10,11,12). The lowest BCUT2D eigenvalue weighted by Crippen LogP contribution is -2.48. The van der Waals surface area contributed by atoms with Crippen LogP contribution in [-0.4, -0.2) is 46.3 Å². The fraction of sp³-hybridized carbons (Fsp3) is 0.714. The second kappa shape index (κ2) is 3.33. The summed E-state index contributed by atoms with van der Waals surface area (Å²) in [7, 11) is 0. The fourth-order valence-electron chi connectivity index (χ4n) is 1.18. The molecule has 2 N–H and O–H groups in total. The highest BCUT2D eigenvalue weighted by molar-refractivity contribution is 5.90. The molecule has 0 unspecified atom stereocenters. The third-order valence-electron chi connectivity index (χ3n) is 2.13. The van der Waals surface area contributed by atoms with Gasteiger partial charge in [-0.15, -0.1) is 10.2 Å². The van der Waals surface area contributed by atoms with Gasteiger partial charge >= 0.3 is 0 Å². The molecule has 0 atom stereocenters. The van der Waals surface area contributed by atoms with Gasteiger partial charge in [0, 0.05) is 12.0 Å². The molecule has 1 aliphatic rings. The van der Waals surface area contributed by atoms with Gasteiger partial charge < -0.3 is 10.1 Å². The van der Waals surface area contributed by atoms with Gasteiger partial charge in [-0.2, -0.15) is 5.21 Å². The summed E-state index contributed by atoms with van der Waals surface area (Å²) >= 11 is 0. The van der Waals surface area contributed by atoms with Gasteiger partial charge in [-0.05, 0) is 5.21 Å². The van der Waals surface area contributed by atoms with Gasteiger partial charge in [0.05, 0.1) is 13.2 Å². The molecule has 0 aromatic carbocycles. The third-order valence-corrected chi connectivity index (χ3v) is 2.13. The Hall–Kier alpha value is -1.50. The smallest absolute Gasteiger partial charge is 0.292 e. The van der Waals surface area contributed by atoms with Gasteiger partial charge in [0.15, 0.2) is 0 Å². The lowest BCUT2D eigenvalue weighted by atomic mass is 9.89. The number of carbonyl (C=O) groups excluding carboxylic acids is 1. The molecule has 0 saturated carbocycles. The normalized spacial score (nSPS) is 18.6. The van der Waals surface area contributed by atoms with E-state index < -0.39 is 0 Å². The molecule has 76 valence electrons. The molecule has 7 heteroatoms. The summed E-state index contributed by atoms with van der Waals surface area (Å²) < 4.78 is 5.06. The number of aromatic nitrogens is 4. The highest BCUT2D eigenvalue weighted by Crippen LogP contribution is 2.24. The first-order valence-corrected chi connectivity index (χ1v) is 4.29. The lowest BCUT2D eigenvalue weighted by Gasteiger charge is -2.37. The Kier molecular flexibility index (Phi) is 2.16. The maximum Gasteiger partial charge on any atom is 0.292 e. The van der Waals surface area contributed by atoms with Crippen LogP contribution in [0.15, 0.2) is 0 Å². The minimum Gasteiger partial charge on any atom is -0.380 e. The fourth-order valence-corrected chi connectivity index (χ4v) is 1.18. The van der Waals surface area contributed by atoms with E-state index in [1.54, 1.807) is 0 Å². The first-order chi connectivity index (χ1) is 6.70. The molecule has 0 spiro atoms. The van der Waals surface area contributed by atoms with E-state index in [2.05, 4.69) is 25.9 Å². The number of amides is 1. The monoisotopic (exact) mass is 197 g/mol. The van der Waals surface area contributed by atoms with E-state index >= 15 is 0 Å². The van der Waals surface area contributed by atoms with Gasteiger partial charge in [-0.25, -0.2) is 0 Å².